The van der Waals surface area contributed by atoms with E-state index in [-0.39, 0.29) is 17.6 Å². The first-order chi connectivity index (χ1) is 17.8. The SMILES string of the molecule is C=C(/C=c1/c(-c2cc3c(-c4cccc(F)c4)cccc3[nH]2)n[nH]c1=C)c1cncc(NC(=O)C(C)C)c1. The van der Waals surface area contributed by atoms with E-state index in [1.54, 1.807) is 18.5 Å². The normalized spacial score (nSPS) is 11.8. The van der Waals surface area contributed by atoms with Crippen LogP contribution in [0.15, 0.2) is 73.6 Å². The summed E-state index contributed by atoms with van der Waals surface area (Å²) >= 11 is 0. The van der Waals surface area contributed by atoms with Gasteiger partial charge in [0.05, 0.1) is 22.9 Å². The predicted octanol–water partition coefficient (Wildman–Crippen LogP) is 5.26. The van der Waals surface area contributed by atoms with Crippen LogP contribution in [0.2, 0.25) is 0 Å². The Morgan fingerprint density at radius 1 is 1.11 bits per heavy atom. The van der Waals surface area contributed by atoms with Crippen molar-refractivity contribution < 1.29 is 9.18 Å². The number of halogens is 1. The number of carbonyl (C=O) groups is 1. The molecule has 0 saturated heterocycles. The Kier molecular flexibility index (Phi) is 6.27. The van der Waals surface area contributed by atoms with E-state index in [2.05, 4.69) is 38.6 Å². The number of carbonyl (C=O) groups excluding carboxylic acids is 1. The van der Waals surface area contributed by atoms with Crippen molar-refractivity contribution in [1.29, 1.82) is 0 Å². The lowest BCUT2D eigenvalue weighted by Crippen LogP contribution is -2.22. The summed E-state index contributed by atoms with van der Waals surface area (Å²) < 4.78 is 13.9. The van der Waals surface area contributed by atoms with Crippen LogP contribution in [0, 0.1) is 11.7 Å². The second kappa shape index (κ2) is 9.70. The highest BCUT2D eigenvalue weighted by Crippen LogP contribution is 2.31. The number of amides is 1. The van der Waals surface area contributed by atoms with Crippen LogP contribution in [0.4, 0.5) is 10.1 Å². The minimum atomic E-state index is -0.281. The molecule has 0 aliphatic carbocycles. The minimum Gasteiger partial charge on any atom is -0.353 e. The number of aromatic amines is 2. The topological polar surface area (TPSA) is 86.5 Å². The summed E-state index contributed by atoms with van der Waals surface area (Å²) in [5.41, 5.74) is 6.17. The molecular weight excluding hydrogens is 465 g/mol. The number of rotatable bonds is 6. The number of anilines is 1. The number of aromatic nitrogens is 4. The van der Waals surface area contributed by atoms with Gasteiger partial charge in [0.1, 0.15) is 11.5 Å². The maximum absolute atomic E-state index is 13.9. The van der Waals surface area contributed by atoms with Gasteiger partial charge in [-0.3, -0.25) is 14.9 Å². The van der Waals surface area contributed by atoms with Crippen LogP contribution in [-0.4, -0.2) is 26.1 Å². The lowest BCUT2D eigenvalue weighted by atomic mass is 10.0. The largest absolute Gasteiger partial charge is 0.353 e. The van der Waals surface area contributed by atoms with Gasteiger partial charge in [-0.2, -0.15) is 5.10 Å². The fourth-order valence-electron chi connectivity index (χ4n) is 4.17. The molecule has 3 heterocycles. The number of benzene rings is 2. The second-order valence-corrected chi connectivity index (χ2v) is 9.20. The van der Waals surface area contributed by atoms with Gasteiger partial charge >= 0.3 is 0 Å². The summed E-state index contributed by atoms with van der Waals surface area (Å²) in [6.07, 6.45) is 5.19. The lowest BCUT2D eigenvalue weighted by Gasteiger charge is -2.08. The maximum atomic E-state index is 13.9. The Labute approximate surface area is 213 Å². The van der Waals surface area contributed by atoms with Crippen LogP contribution in [0.5, 0.6) is 0 Å². The van der Waals surface area contributed by atoms with Crippen LogP contribution in [0.1, 0.15) is 19.4 Å². The van der Waals surface area contributed by atoms with Crippen molar-refractivity contribution in [3.63, 3.8) is 0 Å². The quantitative estimate of drug-likeness (QED) is 0.303. The zero-order valence-corrected chi connectivity index (χ0v) is 20.6. The lowest BCUT2D eigenvalue weighted by molar-refractivity contribution is -0.118. The molecule has 0 unspecified atom stereocenters. The fraction of sp³-hybridized carbons (Fsp3) is 0.100. The number of pyridine rings is 1. The van der Waals surface area contributed by atoms with Gasteiger partial charge in [0.2, 0.25) is 5.91 Å². The van der Waals surface area contributed by atoms with E-state index in [9.17, 15) is 9.18 Å². The fourth-order valence-corrected chi connectivity index (χ4v) is 4.17. The first-order valence-corrected chi connectivity index (χ1v) is 11.9. The summed E-state index contributed by atoms with van der Waals surface area (Å²) in [5, 5.41) is 12.7. The van der Waals surface area contributed by atoms with Gasteiger partial charge in [-0.05, 0) is 53.1 Å². The molecule has 0 atom stereocenters. The van der Waals surface area contributed by atoms with E-state index in [1.807, 2.05) is 56.3 Å². The molecule has 7 heteroatoms. The summed E-state index contributed by atoms with van der Waals surface area (Å²) in [5.74, 6) is -0.502. The third-order valence-corrected chi connectivity index (χ3v) is 6.16. The molecule has 37 heavy (non-hydrogen) atoms. The van der Waals surface area contributed by atoms with Gasteiger partial charge in [0, 0.05) is 33.8 Å². The molecule has 2 aromatic carbocycles. The van der Waals surface area contributed by atoms with Gasteiger partial charge in [0.15, 0.2) is 0 Å². The Morgan fingerprint density at radius 2 is 1.92 bits per heavy atom. The van der Waals surface area contributed by atoms with Crippen molar-refractivity contribution in [2.45, 2.75) is 13.8 Å². The van der Waals surface area contributed by atoms with Crippen molar-refractivity contribution in [1.82, 2.24) is 20.2 Å². The molecule has 3 N–H and O–H groups in total. The van der Waals surface area contributed by atoms with Crippen molar-refractivity contribution in [3.05, 3.63) is 95.5 Å². The van der Waals surface area contributed by atoms with Crippen LogP contribution in [0.25, 0.3) is 51.6 Å². The summed E-state index contributed by atoms with van der Waals surface area (Å²) in [4.78, 5) is 19.8. The molecular formula is C30H26FN5O. The van der Waals surface area contributed by atoms with Gasteiger partial charge in [-0.1, -0.05) is 51.3 Å². The maximum Gasteiger partial charge on any atom is 0.226 e. The molecule has 3 aromatic heterocycles. The van der Waals surface area contributed by atoms with Gasteiger partial charge in [0.25, 0.3) is 0 Å². The van der Waals surface area contributed by atoms with E-state index in [4.69, 9.17) is 0 Å². The van der Waals surface area contributed by atoms with Crippen molar-refractivity contribution in [2.24, 2.45) is 5.92 Å². The van der Waals surface area contributed by atoms with E-state index in [1.165, 1.54) is 12.1 Å². The Hall–Kier alpha value is -4.78. The van der Waals surface area contributed by atoms with Crippen LogP contribution >= 0.6 is 0 Å². The summed E-state index contributed by atoms with van der Waals surface area (Å²) in [6, 6.07) is 16.3. The molecule has 6 nitrogen and oxygen atoms in total. The molecule has 5 aromatic rings. The monoisotopic (exact) mass is 491 g/mol. The van der Waals surface area contributed by atoms with Gasteiger partial charge in [-0.25, -0.2) is 4.39 Å². The van der Waals surface area contributed by atoms with Gasteiger partial charge in [-0.15, -0.1) is 0 Å². The molecule has 0 radical (unpaired) electrons. The molecule has 5 rings (SSSR count). The third-order valence-electron chi connectivity index (χ3n) is 6.16. The molecule has 1 amide bonds. The average molecular weight is 492 g/mol. The summed E-state index contributed by atoms with van der Waals surface area (Å²) in [6.45, 7) is 12.0. The number of nitrogens with one attached hydrogen (secondary N) is 3. The smallest absolute Gasteiger partial charge is 0.226 e. The molecule has 0 fully saturated rings. The number of nitrogens with zero attached hydrogens (tertiary/aromatic N) is 2. The molecule has 0 spiro atoms. The number of fused-ring (bicyclic) bond motifs is 1. The van der Waals surface area contributed by atoms with E-state index in [0.29, 0.717) is 22.3 Å². The molecule has 0 bridgehead atoms. The Bertz CT molecular complexity index is 1760. The highest BCUT2D eigenvalue weighted by Gasteiger charge is 2.13. The van der Waals surface area contributed by atoms with E-state index in [0.717, 1.165) is 38.5 Å². The average Bonchev–Trinajstić information content (AvgIpc) is 3.47. The minimum absolute atomic E-state index is 0.0814. The highest BCUT2D eigenvalue weighted by molar-refractivity contribution is 5.98. The number of hydrogen-bond donors (Lipinski definition) is 3. The predicted molar refractivity (Wildman–Crippen MR) is 147 cm³/mol. The third kappa shape index (κ3) is 4.84. The number of hydrogen-bond acceptors (Lipinski definition) is 3. The molecule has 0 saturated carbocycles. The van der Waals surface area contributed by atoms with Crippen LogP contribution in [0.3, 0.4) is 0 Å². The van der Waals surface area contributed by atoms with Crippen LogP contribution in [-0.2, 0) is 4.79 Å². The van der Waals surface area contributed by atoms with E-state index < -0.39 is 0 Å². The Balaban J connectivity index is 1.54. The zero-order chi connectivity index (χ0) is 26.1. The van der Waals surface area contributed by atoms with Crippen LogP contribution < -0.4 is 15.9 Å². The van der Waals surface area contributed by atoms with Gasteiger partial charge < -0.3 is 10.3 Å². The number of allylic oxidation sites excluding steroid dienone is 1. The highest BCUT2D eigenvalue weighted by atomic mass is 19.1. The molecule has 0 aliphatic heterocycles. The second-order valence-electron chi connectivity index (χ2n) is 9.20. The Morgan fingerprint density at radius 3 is 2.70 bits per heavy atom. The van der Waals surface area contributed by atoms with Crippen molar-refractivity contribution >= 4 is 40.7 Å². The molecule has 184 valence electrons. The van der Waals surface area contributed by atoms with Crippen molar-refractivity contribution in [3.8, 4) is 22.5 Å². The summed E-state index contributed by atoms with van der Waals surface area (Å²) in [7, 11) is 0. The molecule has 0 aliphatic rings. The van der Waals surface area contributed by atoms with E-state index >= 15 is 0 Å². The first kappa shape index (κ1) is 23.9. The standard InChI is InChI=1S/C30H26FN5O/c1-17(2)30(37)33-23-13-21(15-32-16-23)18(3)11-25-19(4)35-36-29(25)28-14-26-24(9-6-10-27(26)34-28)20-7-5-8-22(31)12-20/h5-17,34-35H,3-4H2,1-2H3,(H,33,37)/b25-11+. The zero-order valence-electron chi connectivity index (χ0n) is 20.6. The van der Waals surface area contributed by atoms with Crippen molar-refractivity contribution in [2.75, 3.05) is 5.32 Å². The number of H-pyrrole nitrogens is 2. The first-order valence-electron chi connectivity index (χ1n) is 11.9.